The third-order valence-electron chi connectivity index (χ3n) is 5.11. The number of rotatable bonds is 2. The number of aromatic nitrogens is 2. The largest absolute Gasteiger partial charge is 0.309 e. The number of hydrogen-bond donors (Lipinski definition) is 1. The molecule has 0 atom stereocenters. The van der Waals surface area contributed by atoms with Crippen molar-refractivity contribution in [1.82, 2.24) is 15.5 Å². The third-order valence-corrected chi connectivity index (χ3v) is 5.11. The molecule has 0 fully saturated rings. The van der Waals surface area contributed by atoms with Crippen molar-refractivity contribution in [3.05, 3.63) is 102 Å². The molecular weight excluding hydrogens is 330 g/mol. The van der Waals surface area contributed by atoms with E-state index in [2.05, 4.69) is 82.3 Å². The third kappa shape index (κ3) is 2.92. The first-order valence-corrected chi connectivity index (χ1v) is 9.20. The molecular formula is C24H19N3. The molecule has 0 spiro atoms. The maximum Gasteiger partial charge on any atom is 0.0929 e. The predicted octanol–water partition coefficient (Wildman–Crippen LogP) is 4.83. The molecule has 2 heterocycles. The monoisotopic (exact) mass is 349 g/mol. The Morgan fingerprint density at radius 2 is 1.74 bits per heavy atom. The molecule has 0 aliphatic carbocycles. The molecule has 1 aliphatic rings. The van der Waals surface area contributed by atoms with Crippen molar-refractivity contribution in [2.45, 2.75) is 6.54 Å². The standard InChI is InChI=1S/C24H19N3/c1-2-7-20-17(5-1)6-3-8-22(20)23-12-14-25-16-19-15-18(10-11-21(19)23)24-9-4-13-26-27-24/h1-13,15,25H,14,16H2. The maximum absolute atomic E-state index is 4.25. The van der Waals surface area contributed by atoms with Gasteiger partial charge in [0, 0.05) is 24.8 Å². The van der Waals surface area contributed by atoms with Crippen molar-refractivity contribution in [2.75, 3.05) is 6.54 Å². The van der Waals surface area contributed by atoms with Gasteiger partial charge < -0.3 is 5.32 Å². The van der Waals surface area contributed by atoms with E-state index < -0.39 is 0 Å². The number of nitrogens with zero attached hydrogens (tertiary/aromatic N) is 2. The van der Waals surface area contributed by atoms with E-state index in [0.717, 1.165) is 24.3 Å². The summed E-state index contributed by atoms with van der Waals surface area (Å²) in [6, 6.07) is 25.6. The molecule has 0 amide bonds. The lowest BCUT2D eigenvalue weighted by Gasteiger charge is -2.15. The van der Waals surface area contributed by atoms with E-state index >= 15 is 0 Å². The summed E-state index contributed by atoms with van der Waals surface area (Å²) in [4.78, 5) is 0. The van der Waals surface area contributed by atoms with Crippen LogP contribution in [-0.4, -0.2) is 16.7 Å². The SMILES string of the molecule is C1=C(c2cccc3ccccc23)c2ccc(-c3cccnn3)cc2CNC1. The summed E-state index contributed by atoms with van der Waals surface area (Å²) >= 11 is 0. The number of hydrogen-bond acceptors (Lipinski definition) is 3. The zero-order chi connectivity index (χ0) is 18.1. The molecule has 27 heavy (non-hydrogen) atoms. The first-order valence-electron chi connectivity index (χ1n) is 9.20. The molecule has 3 heteroatoms. The second kappa shape index (κ2) is 6.78. The van der Waals surface area contributed by atoms with Gasteiger partial charge in [-0.25, -0.2) is 0 Å². The zero-order valence-electron chi connectivity index (χ0n) is 14.9. The van der Waals surface area contributed by atoms with Crippen molar-refractivity contribution >= 4 is 16.3 Å². The van der Waals surface area contributed by atoms with E-state index in [9.17, 15) is 0 Å². The van der Waals surface area contributed by atoms with Gasteiger partial charge in [0.05, 0.1) is 5.69 Å². The van der Waals surface area contributed by atoms with Gasteiger partial charge in [-0.15, -0.1) is 0 Å². The summed E-state index contributed by atoms with van der Waals surface area (Å²) in [6.07, 6.45) is 4.01. The van der Waals surface area contributed by atoms with Crippen LogP contribution in [0.5, 0.6) is 0 Å². The minimum Gasteiger partial charge on any atom is -0.309 e. The van der Waals surface area contributed by atoms with Gasteiger partial charge in [-0.05, 0) is 51.2 Å². The Kier molecular flexibility index (Phi) is 4.00. The maximum atomic E-state index is 4.25. The highest BCUT2D eigenvalue weighted by atomic mass is 15.1. The average molecular weight is 349 g/mol. The van der Waals surface area contributed by atoms with Crippen LogP contribution in [0.3, 0.4) is 0 Å². The van der Waals surface area contributed by atoms with Gasteiger partial charge in [-0.3, -0.25) is 0 Å². The van der Waals surface area contributed by atoms with Gasteiger partial charge in [0.2, 0.25) is 0 Å². The Hall–Kier alpha value is -3.30. The van der Waals surface area contributed by atoms with E-state index in [0.29, 0.717) is 0 Å². The van der Waals surface area contributed by atoms with Crippen LogP contribution in [-0.2, 0) is 6.54 Å². The normalized spacial score (nSPS) is 13.7. The average Bonchev–Trinajstić information content (AvgIpc) is 2.96. The van der Waals surface area contributed by atoms with Crippen LogP contribution in [0.4, 0.5) is 0 Å². The summed E-state index contributed by atoms with van der Waals surface area (Å²) in [5, 5.41) is 14.3. The first kappa shape index (κ1) is 15.9. The minimum atomic E-state index is 0.841. The van der Waals surface area contributed by atoms with Crippen molar-refractivity contribution in [1.29, 1.82) is 0 Å². The quantitative estimate of drug-likeness (QED) is 0.563. The first-order chi connectivity index (χ1) is 13.4. The van der Waals surface area contributed by atoms with Gasteiger partial charge in [0.1, 0.15) is 0 Å². The second-order valence-electron chi connectivity index (χ2n) is 6.76. The van der Waals surface area contributed by atoms with Crippen LogP contribution in [0.2, 0.25) is 0 Å². The highest BCUT2D eigenvalue weighted by Gasteiger charge is 2.16. The minimum absolute atomic E-state index is 0.841. The number of nitrogens with one attached hydrogen (secondary N) is 1. The molecule has 130 valence electrons. The van der Waals surface area contributed by atoms with E-state index in [1.807, 2.05) is 12.1 Å². The Morgan fingerprint density at radius 1 is 0.815 bits per heavy atom. The molecule has 0 radical (unpaired) electrons. The molecule has 3 nitrogen and oxygen atoms in total. The lowest BCUT2D eigenvalue weighted by molar-refractivity contribution is 0.766. The van der Waals surface area contributed by atoms with Crippen molar-refractivity contribution in [3.8, 4) is 11.3 Å². The summed E-state index contributed by atoms with van der Waals surface area (Å²) in [7, 11) is 0. The summed E-state index contributed by atoms with van der Waals surface area (Å²) < 4.78 is 0. The molecule has 0 saturated heterocycles. The molecule has 0 saturated carbocycles. The summed E-state index contributed by atoms with van der Waals surface area (Å²) in [5.41, 5.74) is 7.14. The number of benzene rings is 3. The van der Waals surface area contributed by atoms with Crippen LogP contribution in [0.15, 0.2) is 85.1 Å². The molecule has 5 rings (SSSR count). The fourth-order valence-corrected chi connectivity index (χ4v) is 3.82. The molecule has 1 aromatic heterocycles. The highest BCUT2D eigenvalue weighted by Crippen LogP contribution is 2.34. The topological polar surface area (TPSA) is 37.8 Å². The van der Waals surface area contributed by atoms with Crippen molar-refractivity contribution in [2.24, 2.45) is 0 Å². The van der Waals surface area contributed by atoms with Crippen LogP contribution >= 0.6 is 0 Å². The van der Waals surface area contributed by atoms with Crippen LogP contribution in [0.25, 0.3) is 27.6 Å². The van der Waals surface area contributed by atoms with Gasteiger partial charge in [0.15, 0.2) is 0 Å². The highest BCUT2D eigenvalue weighted by molar-refractivity contribution is 5.98. The predicted molar refractivity (Wildman–Crippen MR) is 110 cm³/mol. The Morgan fingerprint density at radius 3 is 2.67 bits per heavy atom. The van der Waals surface area contributed by atoms with E-state index in [1.165, 1.54) is 33.0 Å². The molecule has 1 N–H and O–H groups in total. The fraction of sp³-hybridized carbons (Fsp3) is 0.0833. The fourth-order valence-electron chi connectivity index (χ4n) is 3.82. The molecule has 1 aliphatic heterocycles. The van der Waals surface area contributed by atoms with Gasteiger partial charge in [-0.1, -0.05) is 60.7 Å². The lowest BCUT2D eigenvalue weighted by atomic mass is 9.89. The molecule has 0 unspecified atom stereocenters. The van der Waals surface area contributed by atoms with E-state index in [-0.39, 0.29) is 0 Å². The van der Waals surface area contributed by atoms with Crippen molar-refractivity contribution < 1.29 is 0 Å². The second-order valence-corrected chi connectivity index (χ2v) is 6.76. The van der Waals surface area contributed by atoms with Crippen LogP contribution < -0.4 is 5.32 Å². The van der Waals surface area contributed by atoms with Gasteiger partial charge in [0.25, 0.3) is 0 Å². The van der Waals surface area contributed by atoms with Crippen LogP contribution in [0.1, 0.15) is 16.7 Å². The Bertz CT molecular complexity index is 1140. The smallest absolute Gasteiger partial charge is 0.0929 e. The van der Waals surface area contributed by atoms with Gasteiger partial charge >= 0.3 is 0 Å². The molecule has 3 aromatic carbocycles. The lowest BCUT2D eigenvalue weighted by Crippen LogP contribution is -2.11. The van der Waals surface area contributed by atoms with Gasteiger partial charge in [-0.2, -0.15) is 10.2 Å². The summed E-state index contributed by atoms with van der Waals surface area (Å²) in [6.45, 7) is 1.70. The zero-order valence-corrected chi connectivity index (χ0v) is 14.9. The number of fused-ring (bicyclic) bond motifs is 2. The molecule has 4 aromatic rings. The Balaban J connectivity index is 1.67. The van der Waals surface area contributed by atoms with Crippen LogP contribution in [0, 0.1) is 0 Å². The van der Waals surface area contributed by atoms with Crippen molar-refractivity contribution in [3.63, 3.8) is 0 Å². The Labute approximate surface area is 158 Å². The van der Waals surface area contributed by atoms with E-state index in [4.69, 9.17) is 0 Å². The molecule has 0 bridgehead atoms. The van der Waals surface area contributed by atoms with E-state index in [1.54, 1.807) is 6.20 Å². The summed E-state index contributed by atoms with van der Waals surface area (Å²) in [5.74, 6) is 0.